The molecule has 0 saturated heterocycles. The largest absolute Gasteiger partial charge is 0.494 e. The van der Waals surface area contributed by atoms with Crippen LogP contribution in [0.15, 0.2) is 30.6 Å². The average Bonchev–Trinajstić information content (AvgIpc) is 2.88. The second-order valence-corrected chi connectivity index (χ2v) is 4.17. The van der Waals surface area contributed by atoms with Crippen molar-refractivity contribution >= 4 is 0 Å². The van der Waals surface area contributed by atoms with E-state index < -0.39 is 0 Å². The van der Waals surface area contributed by atoms with Crippen LogP contribution in [0.1, 0.15) is 26.7 Å². The molecule has 4 heteroatoms. The first-order valence-electron chi connectivity index (χ1n) is 6.46. The molecular formula is C14H19N3O. The van der Waals surface area contributed by atoms with E-state index in [0.29, 0.717) is 0 Å². The highest BCUT2D eigenvalue weighted by Gasteiger charge is 2.05. The number of hydrogen-bond donors (Lipinski definition) is 0. The van der Waals surface area contributed by atoms with E-state index in [1.54, 1.807) is 6.33 Å². The summed E-state index contributed by atoms with van der Waals surface area (Å²) in [5.41, 5.74) is 1.07. The highest BCUT2D eigenvalue weighted by atomic mass is 16.5. The summed E-state index contributed by atoms with van der Waals surface area (Å²) in [6.07, 6.45) is 3.99. The van der Waals surface area contributed by atoms with E-state index in [1.807, 2.05) is 28.8 Å². The molecule has 0 radical (unpaired) electrons. The van der Waals surface area contributed by atoms with Gasteiger partial charge in [0.15, 0.2) is 5.82 Å². The van der Waals surface area contributed by atoms with Crippen molar-refractivity contribution < 1.29 is 4.74 Å². The lowest BCUT2D eigenvalue weighted by molar-refractivity contribution is 0.309. The minimum atomic E-state index is 0.779. The van der Waals surface area contributed by atoms with Crippen LogP contribution in [-0.2, 0) is 6.54 Å². The van der Waals surface area contributed by atoms with Crippen LogP contribution in [0.2, 0.25) is 0 Å². The number of aromatic nitrogens is 3. The molecule has 96 valence electrons. The number of hydrogen-bond acceptors (Lipinski definition) is 3. The van der Waals surface area contributed by atoms with E-state index in [2.05, 4.69) is 24.0 Å². The second-order valence-electron chi connectivity index (χ2n) is 4.17. The number of aryl methyl sites for hydroxylation is 1. The van der Waals surface area contributed by atoms with E-state index in [1.165, 1.54) is 0 Å². The molecular weight excluding hydrogens is 226 g/mol. The quantitative estimate of drug-likeness (QED) is 0.734. The molecule has 0 saturated carbocycles. The fraction of sp³-hybridized carbons (Fsp3) is 0.429. The average molecular weight is 245 g/mol. The van der Waals surface area contributed by atoms with Crippen molar-refractivity contribution in [1.82, 2.24) is 14.8 Å². The van der Waals surface area contributed by atoms with Gasteiger partial charge in [0.05, 0.1) is 6.61 Å². The third-order valence-electron chi connectivity index (χ3n) is 2.84. The Bertz CT molecular complexity index is 476. The molecule has 0 aliphatic rings. The Morgan fingerprint density at radius 1 is 1.17 bits per heavy atom. The van der Waals surface area contributed by atoms with E-state index >= 15 is 0 Å². The normalized spacial score (nSPS) is 10.6. The van der Waals surface area contributed by atoms with Gasteiger partial charge in [0.1, 0.15) is 12.1 Å². The number of rotatable bonds is 6. The molecule has 0 spiro atoms. The summed E-state index contributed by atoms with van der Waals surface area (Å²) >= 11 is 0. The van der Waals surface area contributed by atoms with Gasteiger partial charge in [-0.15, -0.1) is 10.2 Å². The zero-order chi connectivity index (χ0) is 12.8. The van der Waals surface area contributed by atoms with Crippen molar-refractivity contribution in [2.45, 2.75) is 33.2 Å². The smallest absolute Gasteiger partial charge is 0.163 e. The third-order valence-corrected chi connectivity index (χ3v) is 2.84. The zero-order valence-corrected chi connectivity index (χ0v) is 11.0. The van der Waals surface area contributed by atoms with Gasteiger partial charge in [0.25, 0.3) is 0 Å². The minimum Gasteiger partial charge on any atom is -0.494 e. The molecule has 1 heterocycles. The fourth-order valence-electron chi connectivity index (χ4n) is 1.74. The fourth-order valence-corrected chi connectivity index (χ4v) is 1.74. The Kier molecular flexibility index (Phi) is 4.34. The predicted octanol–water partition coefficient (Wildman–Crippen LogP) is 3.14. The molecule has 0 fully saturated rings. The van der Waals surface area contributed by atoms with E-state index in [4.69, 9.17) is 4.74 Å². The SMILES string of the molecule is CCCCOc1ccc(-c2nncn2CC)cc1. The van der Waals surface area contributed by atoms with Crippen molar-refractivity contribution in [3.8, 4) is 17.1 Å². The van der Waals surface area contributed by atoms with Crippen molar-refractivity contribution in [2.24, 2.45) is 0 Å². The summed E-state index contributed by atoms with van der Waals surface area (Å²) in [6, 6.07) is 8.02. The van der Waals surface area contributed by atoms with E-state index in [-0.39, 0.29) is 0 Å². The molecule has 0 aliphatic carbocycles. The number of ether oxygens (including phenoxy) is 1. The first-order chi connectivity index (χ1) is 8.85. The molecule has 0 bridgehead atoms. The van der Waals surface area contributed by atoms with Crippen LogP contribution in [0.25, 0.3) is 11.4 Å². The summed E-state index contributed by atoms with van der Waals surface area (Å²) in [5.74, 6) is 1.81. The van der Waals surface area contributed by atoms with Gasteiger partial charge in [0.2, 0.25) is 0 Å². The van der Waals surface area contributed by atoms with Gasteiger partial charge in [-0.05, 0) is 37.6 Å². The summed E-state index contributed by atoms with van der Waals surface area (Å²) in [6.45, 7) is 5.89. The third kappa shape index (κ3) is 2.88. The number of benzene rings is 1. The highest BCUT2D eigenvalue weighted by Crippen LogP contribution is 2.20. The molecule has 2 aromatic rings. The molecule has 0 atom stereocenters. The van der Waals surface area contributed by atoms with Crippen molar-refractivity contribution in [3.05, 3.63) is 30.6 Å². The Morgan fingerprint density at radius 2 is 1.94 bits per heavy atom. The van der Waals surface area contributed by atoms with Crippen molar-refractivity contribution in [2.75, 3.05) is 6.61 Å². The maximum absolute atomic E-state index is 5.63. The van der Waals surface area contributed by atoms with Crippen LogP contribution in [0.4, 0.5) is 0 Å². The van der Waals surface area contributed by atoms with E-state index in [9.17, 15) is 0 Å². The van der Waals surface area contributed by atoms with Gasteiger partial charge in [-0.25, -0.2) is 0 Å². The van der Waals surface area contributed by atoms with Gasteiger partial charge in [0, 0.05) is 12.1 Å². The van der Waals surface area contributed by atoms with Crippen LogP contribution in [-0.4, -0.2) is 21.4 Å². The monoisotopic (exact) mass is 245 g/mol. The molecule has 1 aromatic heterocycles. The van der Waals surface area contributed by atoms with Gasteiger partial charge in [-0.2, -0.15) is 0 Å². The Morgan fingerprint density at radius 3 is 2.61 bits per heavy atom. The first-order valence-corrected chi connectivity index (χ1v) is 6.46. The maximum atomic E-state index is 5.63. The second kappa shape index (κ2) is 6.19. The summed E-state index contributed by atoms with van der Waals surface area (Å²) in [5, 5.41) is 8.07. The lowest BCUT2D eigenvalue weighted by Crippen LogP contribution is -1.97. The molecule has 0 amide bonds. The molecule has 2 rings (SSSR count). The van der Waals surface area contributed by atoms with Gasteiger partial charge in [-0.1, -0.05) is 13.3 Å². The van der Waals surface area contributed by atoms with Crippen molar-refractivity contribution in [1.29, 1.82) is 0 Å². The van der Waals surface area contributed by atoms with Crippen LogP contribution in [0, 0.1) is 0 Å². The molecule has 0 aliphatic heterocycles. The molecule has 1 aromatic carbocycles. The zero-order valence-electron chi connectivity index (χ0n) is 11.0. The summed E-state index contributed by atoms with van der Waals surface area (Å²) < 4.78 is 7.65. The van der Waals surface area contributed by atoms with Gasteiger partial charge >= 0.3 is 0 Å². The summed E-state index contributed by atoms with van der Waals surface area (Å²) in [4.78, 5) is 0. The number of nitrogens with zero attached hydrogens (tertiary/aromatic N) is 3. The maximum Gasteiger partial charge on any atom is 0.163 e. The molecule has 0 N–H and O–H groups in total. The molecule has 4 nitrogen and oxygen atoms in total. The van der Waals surface area contributed by atoms with Gasteiger partial charge < -0.3 is 9.30 Å². The highest BCUT2D eigenvalue weighted by molar-refractivity contribution is 5.56. The Hall–Kier alpha value is -1.84. The standard InChI is InChI=1S/C14H19N3O/c1-3-5-10-18-13-8-6-12(7-9-13)14-16-15-11-17(14)4-2/h6-9,11H,3-5,10H2,1-2H3. The van der Waals surface area contributed by atoms with Crippen LogP contribution in [0.5, 0.6) is 5.75 Å². The summed E-state index contributed by atoms with van der Waals surface area (Å²) in [7, 11) is 0. The van der Waals surface area contributed by atoms with Crippen molar-refractivity contribution in [3.63, 3.8) is 0 Å². The Balaban J connectivity index is 2.07. The minimum absolute atomic E-state index is 0.779. The van der Waals surface area contributed by atoms with Gasteiger partial charge in [-0.3, -0.25) is 0 Å². The topological polar surface area (TPSA) is 39.9 Å². The predicted molar refractivity (Wildman–Crippen MR) is 71.5 cm³/mol. The Labute approximate surface area is 108 Å². The molecule has 0 unspecified atom stereocenters. The number of unbranched alkanes of at least 4 members (excludes halogenated alkanes) is 1. The van der Waals surface area contributed by atoms with E-state index in [0.717, 1.165) is 43.1 Å². The van der Waals surface area contributed by atoms with Crippen LogP contribution in [0.3, 0.4) is 0 Å². The molecule has 18 heavy (non-hydrogen) atoms. The van der Waals surface area contributed by atoms with Crippen LogP contribution >= 0.6 is 0 Å². The lowest BCUT2D eigenvalue weighted by Gasteiger charge is -2.07. The lowest BCUT2D eigenvalue weighted by atomic mass is 10.2. The first kappa shape index (κ1) is 12.6. The van der Waals surface area contributed by atoms with Crippen LogP contribution < -0.4 is 4.74 Å².